The molecule has 1 N–H and O–H groups in total. The fourth-order valence-electron chi connectivity index (χ4n) is 14.5. The lowest BCUT2D eigenvalue weighted by Crippen LogP contribution is -2.60. The fraction of sp³-hybridized carbons (Fsp3) is 0.739. The first-order valence-corrected chi connectivity index (χ1v) is 21.3. The molecule has 0 aromatic rings. The summed E-state index contributed by atoms with van der Waals surface area (Å²) < 4.78 is 11.6. The van der Waals surface area contributed by atoms with E-state index in [0.717, 1.165) is 50.5 Å². The number of Topliss-reactive ketones (excluding diaryl/α,β-unsaturated/α-hetero) is 2. The molecule has 55 heavy (non-hydrogen) atoms. The minimum absolute atomic E-state index is 0.00903. The number of aliphatic hydroxyl groups is 1. The molecule has 13 atom stereocenters. The molecule has 9 heteroatoms. The Kier molecular flexibility index (Phi) is 9.45. The van der Waals surface area contributed by atoms with Gasteiger partial charge in [0.2, 0.25) is 5.78 Å². The lowest BCUT2D eigenvalue weighted by atomic mass is 9.45. The summed E-state index contributed by atoms with van der Waals surface area (Å²) in [6.45, 7) is 10.3. The first-order valence-electron chi connectivity index (χ1n) is 21.3. The SMILES string of the molecule is C[C@@H]1CC2=CC(=O)CC[C@]2(C)C2CC[C@]3(C)C(OC(=O)CCCC(=O)OCC(=O)[C@@]4(O)CCC5C6CCC7=CC(=O)C=C[C@]7(C)C6C(=O)C[C@@]54C)CCC3C21. The summed E-state index contributed by atoms with van der Waals surface area (Å²) in [5.74, 6) is 0.413. The van der Waals surface area contributed by atoms with Gasteiger partial charge in [-0.15, -0.1) is 0 Å². The predicted octanol–water partition coefficient (Wildman–Crippen LogP) is 7.18. The van der Waals surface area contributed by atoms with E-state index in [-0.39, 0.29) is 90.1 Å². The highest BCUT2D eigenvalue weighted by atomic mass is 16.5. The van der Waals surface area contributed by atoms with E-state index in [9.17, 15) is 33.9 Å². The highest BCUT2D eigenvalue weighted by Gasteiger charge is 2.68. The molecule has 0 aliphatic heterocycles. The number of rotatable bonds is 8. The van der Waals surface area contributed by atoms with E-state index in [4.69, 9.17) is 9.47 Å². The summed E-state index contributed by atoms with van der Waals surface area (Å²) in [6.07, 6.45) is 16.0. The lowest BCUT2D eigenvalue weighted by molar-refractivity contribution is -0.172. The second kappa shape index (κ2) is 13.4. The van der Waals surface area contributed by atoms with Gasteiger partial charge in [0.25, 0.3) is 0 Å². The average molecular weight is 757 g/mol. The molecule has 0 spiro atoms. The van der Waals surface area contributed by atoms with Gasteiger partial charge in [0.05, 0.1) is 0 Å². The summed E-state index contributed by atoms with van der Waals surface area (Å²) in [6, 6.07) is 0. The maximum Gasteiger partial charge on any atom is 0.306 e. The van der Waals surface area contributed by atoms with Crippen molar-refractivity contribution in [1.29, 1.82) is 0 Å². The average Bonchev–Trinajstić information content (AvgIpc) is 3.60. The van der Waals surface area contributed by atoms with Crippen LogP contribution in [0.5, 0.6) is 0 Å². The van der Waals surface area contributed by atoms with Crippen LogP contribution in [0.2, 0.25) is 0 Å². The van der Waals surface area contributed by atoms with E-state index in [2.05, 4.69) is 20.8 Å². The monoisotopic (exact) mass is 756 g/mol. The standard InChI is InChI=1S/C46H60O9/c1-26-21-28-23-30(48)13-17-42(28,2)34-15-19-44(4)33(40(26)34)11-12-37(44)55-39(52)8-6-7-38(51)54-25-36(50)46(53)20-16-32-31-10-9-27-22-29(47)14-18-43(27,3)41(31)35(49)24-45(32,46)5/h14,18,22-23,26,31-34,37,40-41,53H,6-13,15-17,19-21,24-25H2,1-5H3/t26-,31?,32?,33?,34?,37?,40?,41?,42+,43+,44+,45+,46+/m1/s1. The zero-order valence-electron chi connectivity index (χ0n) is 33.5. The van der Waals surface area contributed by atoms with E-state index in [0.29, 0.717) is 42.9 Å². The van der Waals surface area contributed by atoms with Crippen LogP contribution in [0, 0.1) is 63.1 Å². The minimum Gasteiger partial charge on any atom is -0.462 e. The van der Waals surface area contributed by atoms with Crippen LogP contribution in [0.4, 0.5) is 0 Å². The Bertz CT molecular complexity index is 1800. The second-order valence-electron chi connectivity index (χ2n) is 20.0. The van der Waals surface area contributed by atoms with Gasteiger partial charge in [-0.2, -0.15) is 0 Å². The normalized spacial score (nSPS) is 45.5. The number of ketones is 4. The maximum atomic E-state index is 13.9. The Morgan fingerprint density at radius 3 is 2.36 bits per heavy atom. The van der Waals surface area contributed by atoms with Crippen LogP contribution >= 0.6 is 0 Å². The van der Waals surface area contributed by atoms with Crippen LogP contribution in [0.25, 0.3) is 0 Å². The smallest absolute Gasteiger partial charge is 0.306 e. The molecular formula is C46H60O9. The Balaban J connectivity index is 0.822. The van der Waals surface area contributed by atoms with Crippen molar-refractivity contribution in [2.24, 2.45) is 63.1 Å². The molecule has 6 fully saturated rings. The Morgan fingerprint density at radius 1 is 0.836 bits per heavy atom. The van der Waals surface area contributed by atoms with Crippen LogP contribution in [-0.2, 0) is 38.2 Å². The number of carbonyl (C=O) groups is 6. The van der Waals surface area contributed by atoms with E-state index in [1.807, 2.05) is 26.0 Å². The van der Waals surface area contributed by atoms with Crippen molar-refractivity contribution < 1.29 is 43.3 Å². The van der Waals surface area contributed by atoms with Gasteiger partial charge < -0.3 is 14.6 Å². The van der Waals surface area contributed by atoms with Crippen LogP contribution in [0.1, 0.15) is 131 Å². The molecule has 9 nitrogen and oxygen atoms in total. The number of ether oxygens (including phenoxy) is 2. The number of hydrogen-bond acceptors (Lipinski definition) is 9. The number of hydrogen-bond donors (Lipinski definition) is 1. The van der Waals surface area contributed by atoms with Gasteiger partial charge in [-0.3, -0.25) is 28.8 Å². The van der Waals surface area contributed by atoms with Crippen LogP contribution < -0.4 is 0 Å². The van der Waals surface area contributed by atoms with Gasteiger partial charge >= 0.3 is 11.9 Å². The van der Waals surface area contributed by atoms with E-state index in [1.54, 1.807) is 12.2 Å². The molecule has 0 radical (unpaired) electrons. The number of carbonyl (C=O) groups excluding carboxylic acids is 6. The van der Waals surface area contributed by atoms with Crippen molar-refractivity contribution in [3.05, 3.63) is 35.5 Å². The van der Waals surface area contributed by atoms with Crippen molar-refractivity contribution in [3.8, 4) is 0 Å². The van der Waals surface area contributed by atoms with E-state index >= 15 is 0 Å². The topological polar surface area (TPSA) is 141 Å². The molecule has 8 rings (SSSR count). The first kappa shape index (κ1) is 38.7. The Hall–Kier alpha value is -3.20. The molecular weight excluding hydrogens is 696 g/mol. The van der Waals surface area contributed by atoms with E-state index in [1.165, 1.54) is 5.57 Å². The van der Waals surface area contributed by atoms with Crippen molar-refractivity contribution in [1.82, 2.24) is 0 Å². The molecule has 6 saturated carbocycles. The number of allylic oxidation sites excluding steroid dienone is 5. The number of fused-ring (bicyclic) bond motifs is 10. The third-order valence-electron chi connectivity index (χ3n) is 17.5. The second-order valence-corrected chi connectivity index (χ2v) is 20.0. The van der Waals surface area contributed by atoms with E-state index < -0.39 is 34.8 Å². The van der Waals surface area contributed by atoms with Gasteiger partial charge in [0.15, 0.2) is 18.2 Å². The largest absolute Gasteiger partial charge is 0.462 e. The first-order chi connectivity index (χ1) is 25.9. The van der Waals surface area contributed by atoms with Gasteiger partial charge in [0, 0.05) is 47.8 Å². The van der Waals surface area contributed by atoms with Crippen LogP contribution in [-0.4, -0.2) is 58.5 Å². The summed E-state index contributed by atoms with van der Waals surface area (Å²) in [5.41, 5.74) is -0.949. The molecule has 7 unspecified atom stereocenters. The summed E-state index contributed by atoms with van der Waals surface area (Å²) in [4.78, 5) is 77.9. The van der Waals surface area contributed by atoms with Gasteiger partial charge in [-0.05, 0) is 130 Å². The van der Waals surface area contributed by atoms with Crippen molar-refractivity contribution in [3.63, 3.8) is 0 Å². The molecule has 0 aromatic heterocycles. The van der Waals surface area contributed by atoms with Crippen LogP contribution in [0.3, 0.4) is 0 Å². The number of esters is 2. The zero-order valence-corrected chi connectivity index (χ0v) is 33.5. The van der Waals surface area contributed by atoms with Crippen molar-refractivity contribution in [2.45, 2.75) is 143 Å². The summed E-state index contributed by atoms with van der Waals surface area (Å²) in [5, 5.41) is 12.0. The van der Waals surface area contributed by atoms with Gasteiger partial charge in [-0.25, -0.2) is 0 Å². The minimum atomic E-state index is -1.78. The maximum absolute atomic E-state index is 13.9. The highest BCUT2D eigenvalue weighted by Crippen LogP contribution is 2.68. The Morgan fingerprint density at radius 2 is 1.58 bits per heavy atom. The lowest BCUT2D eigenvalue weighted by Gasteiger charge is -2.59. The highest BCUT2D eigenvalue weighted by molar-refractivity contribution is 6.02. The fourth-order valence-corrected chi connectivity index (χ4v) is 14.5. The molecule has 298 valence electrons. The third-order valence-corrected chi connectivity index (χ3v) is 17.5. The molecule has 0 heterocycles. The molecule has 8 aliphatic carbocycles. The van der Waals surface area contributed by atoms with Crippen molar-refractivity contribution >= 4 is 35.1 Å². The molecule has 0 aromatic carbocycles. The zero-order chi connectivity index (χ0) is 39.3. The molecule has 0 saturated heterocycles. The van der Waals surface area contributed by atoms with Gasteiger partial charge in [0.1, 0.15) is 17.5 Å². The Labute approximate surface area is 325 Å². The quantitative estimate of drug-likeness (QED) is 0.255. The third kappa shape index (κ3) is 5.85. The van der Waals surface area contributed by atoms with Crippen LogP contribution in [0.15, 0.2) is 35.5 Å². The molecule has 8 aliphatic rings. The predicted molar refractivity (Wildman–Crippen MR) is 203 cm³/mol. The summed E-state index contributed by atoms with van der Waals surface area (Å²) >= 11 is 0. The van der Waals surface area contributed by atoms with Crippen molar-refractivity contribution in [2.75, 3.05) is 6.61 Å². The van der Waals surface area contributed by atoms with Gasteiger partial charge in [-0.1, -0.05) is 51.8 Å². The molecule has 0 amide bonds. The summed E-state index contributed by atoms with van der Waals surface area (Å²) in [7, 11) is 0. The molecule has 0 bridgehead atoms.